The Hall–Kier alpha value is -2.07. The predicted molar refractivity (Wildman–Crippen MR) is 85.4 cm³/mol. The summed E-state index contributed by atoms with van der Waals surface area (Å²) < 4.78 is 0. The minimum atomic E-state index is -0.225. The molecule has 1 aromatic carbocycles. The van der Waals surface area contributed by atoms with Crippen LogP contribution in [0.15, 0.2) is 36.5 Å². The fourth-order valence-corrected chi connectivity index (χ4v) is 2.04. The number of rotatable bonds is 4. The minimum absolute atomic E-state index is 0.220. The normalized spacial score (nSPS) is 10.7. The maximum absolute atomic E-state index is 12.0. The van der Waals surface area contributed by atoms with Crippen molar-refractivity contribution in [2.75, 3.05) is 5.73 Å². The lowest BCUT2D eigenvalue weighted by Gasteiger charge is -2.08. The lowest BCUT2D eigenvalue weighted by Crippen LogP contribution is -2.23. The first-order chi connectivity index (χ1) is 9.97. The Kier molecular flexibility index (Phi) is 4.81. The summed E-state index contributed by atoms with van der Waals surface area (Å²) in [4.78, 5) is 15.9. The van der Waals surface area contributed by atoms with E-state index < -0.39 is 0 Å². The predicted octanol–water partition coefficient (Wildman–Crippen LogP) is 3.37. The fraction of sp³-hybridized carbons (Fsp3) is 0.250. The number of pyridine rings is 1. The molecule has 0 bridgehead atoms. The Morgan fingerprint density at radius 1 is 1.33 bits per heavy atom. The van der Waals surface area contributed by atoms with Crippen molar-refractivity contribution in [3.05, 3.63) is 58.2 Å². The van der Waals surface area contributed by atoms with Crippen molar-refractivity contribution < 1.29 is 4.79 Å². The molecule has 0 aliphatic heterocycles. The summed E-state index contributed by atoms with van der Waals surface area (Å²) in [6.07, 6.45) is 1.42. The van der Waals surface area contributed by atoms with Gasteiger partial charge >= 0.3 is 0 Å². The highest BCUT2D eigenvalue weighted by Gasteiger charge is 2.08. The third-order valence-corrected chi connectivity index (χ3v) is 3.53. The van der Waals surface area contributed by atoms with Crippen LogP contribution in [0.4, 0.5) is 5.82 Å². The van der Waals surface area contributed by atoms with Crippen LogP contribution in [0.3, 0.4) is 0 Å². The quantitative estimate of drug-likeness (QED) is 0.910. The van der Waals surface area contributed by atoms with Crippen molar-refractivity contribution in [3.63, 3.8) is 0 Å². The van der Waals surface area contributed by atoms with Gasteiger partial charge in [0.25, 0.3) is 5.91 Å². The van der Waals surface area contributed by atoms with E-state index in [2.05, 4.69) is 36.3 Å². The van der Waals surface area contributed by atoms with Crippen LogP contribution in [0.2, 0.25) is 5.02 Å². The zero-order valence-corrected chi connectivity index (χ0v) is 12.8. The summed E-state index contributed by atoms with van der Waals surface area (Å²) in [5, 5.41) is 3.11. The van der Waals surface area contributed by atoms with E-state index in [1.165, 1.54) is 17.8 Å². The van der Waals surface area contributed by atoms with Gasteiger partial charge in [-0.2, -0.15) is 0 Å². The number of nitrogens with one attached hydrogen (secondary N) is 1. The van der Waals surface area contributed by atoms with E-state index >= 15 is 0 Å². The van der Waals surface area contributed by atoms with E-state index in [1.807, 2.05) is 12.1 Å². The van der Waals surface area contributed by atoms with Crippen LogP contribution in [0.5, 0.6) is 0 Å². The molecule has 1 aromatic heterocycles. The summed E-state index contributed by atoms with van der Waals surface area (Å²) in [6, 6.07) is 9.70. The van der Waals surface area contributed by atoms with Gasteiger partial charge in [0, 0.05) is 12.7 Å². The summed E-state index contributed by atoms with van der Waals surface area (Å²) >= 11 is 5.85. The number of halogens is 1. The smallest absolute Gasteiger partial charge is 0.253 e. The van der Waals surface area contributed by atoms with Crippen LogP contribution in [0.25, 0.3) is 0 Å². The van der Waals surface area contributed by atoms with E-state index in [1.54, 1.807) is 0 Å². The molecule has 0 aliphatic rings. The van der Waals surface area contributed by atoms with Gasteiger partial charge in [-0.15, -0.1) is 0 Å². The maximum Gasteiger partial charge on any atom is 0.253 e. The van der Waals surface area contributed by atoms with Crippen LogP contribution in [-0.2, 0) is 6.54 Å². The van der Waals surface area contributed by atoms with E-state index in [-0.39, 0.29) is 16.7 Å². The molecule has 0 fully saturated rings. The number of carbonyl (C=O) groups is 1. The third-order valence-electron chi connectivity index (χ3n) is 3.23. The van der Waals surface area contributed by atoms with Crippen molar-refractivity contribution in [2.24, 2.45) is 0 Å². The Morgan fingerprint density at radius 3 is 2.57 bits per heavy atom. The second-order valence-electron chi connectivity index (χ2n) is 5.17. The molecule has 1 amide bonds. The number of nitrogen functional groups attached to an aromatic ring is 1. The number of nitrogens with zero attached hydrogens (tertiary/aromatic N) is 1. The zero-order valence-electron chi connectivity index (χ0n) is 12.1. The van der Waals surface area contributed by atoms with E-state index in [0.29, 0.717) is 18.0 Å². The van der Waals surface area contributed by atoms with Crippen LogP contribution >= 0.6 is 11.6 Å². The van der Waals surface area contributed by atoms with Gasteiger partial charge in [0.15, 0.2) is 0 Å². The molecule has 110 valence electrons. The molecule has 1 heterocycles. The standard InChI is InChI=1S/C16H18ClN3O/c1-10(2)12-5-3-11(4-6-12)8-20-16(21)13-7-14(17)15(18)19-9-13/h3-7,9-10H,8H2,1-2H3,(H2,18,19)(H,20,21). The number of anilines is 1. The summed E-state index contributed by atoms with van der Waals surface area (Å²) in [5.41, 5.74) is 8.24. The van der Waals surface area contributed by atoms with Gasteiger partial charge in [0.2, 0.25) is 0 Å². The Morgan fingerprint density at radius 2 is 2.00 bits per heavy atom. The van der Waals surface area contributed by atoms with Crippen LogP contribution in [0, 0.1) is 0 Å². The van der Waals surface area contributed by atoms with Crippen LogP contribution < -0.4 is 11.1 Å². The Bertz CT molecular complexity index is 638. The van der Waals surface area contributed by atoms with Gasteiger partial charge in [-0.05, 0) is 23.1 Å². The Labute approximate surface area is 129 Å². The minimum Gasteiger partial charge on any atom is -0.382 e. The molecular weight excluding hydrogens is 286 g/mol. The number of nitrogens with two attached hydrogens (primary N) is 1. The molecule has 4 nitrogen and oxygen atoms in total. The second kappa shape index (κ2) is 6.59. The van der Waals surface area contributed by atoms with Crippen LogP contribution in [-0.4, -0.2) is 10.9 Å². The second-order valence-corrected chi connectivity index (χ2v) is 5.58. The molecule has 0 spiro atoms. The van der Waals surface area contributed by atoms with Gasteiger partial charge in [0.1, 0.15) is 5.82 Å². The molecule has 21 heavy (non-hydrogen) atoms. The number of amides is 1. The average Bonchev–Trinajstić information content (AvgIpc) is 2.48. The Balaban J connectivity index is 1.98. The molecule has 2 aromatic rings. The van der Waals surface area contributed by atoms with Gasteiger partial charge in [0.05, 0.1) is 10.6 Å². The summed E-state index contributed by atoms with van der Waals surface area (Å²) in [7, 11) is 0. The number of hydrogen-bond acceptors (Lipinski definition) is 3. The molecule has 3 N–H and O–H groups in total. The molecular formula is C16H18ClN3O. The third kappa shape index (κ3) is 3.95. The SMILES string of the molecule is CC(C)c1ccc(CNC(=O)c2cnc(N)c(Cl)c2)cc1. The highest BCUT2D eigenvalue weighted by Crippen LogP contribution is 2.17. The molecule has 5 heteroatoms. The lowest BCUT2D eigenvalue weighted by atomic mass is 10.0. The number of hydrogen-bond donors (Lipinski definition) is 2. The monoisotopic (exact) mass is 303 g/mol. The van der Waals surface area contributed by atoms with E-state index in [9.17, 15) is 4.79 Å². The largest absolute Gasteiger partial charge is 0.382 e. The summed E-state index contributed by atoms with van der Waals surface area (Å²) in [5.74, 6) is 0.492. The zero-order chi connectivity index (χ0) is 15.4. The van der Waals surface area contributed by atoms with Crippen LogP contribution in [0.1, 0.15) is 41.3 Å². The summed E-state index contributed by atoms with van der Waals surface area (Å²) in [6.45, 7) is 4.75. The van der Waals surface area contributed by atoms with E-state index in [0.717, 1.165) is 5.56 Å². The molecule has 0 unspecified atom stereocenters. The van der Waals surface area contributed by atoms with Crippen molar-refractivity contribution in [2.45, 2.75) is 26.3 Å². The van der Waals surface area contributed by atoms with Gasteiger partial charge in [-0.3, -0.25) is 4.79 Å². The first-order valence-electron chi connectivity index (χ1n) is 6.75. The fourth-order valence-electron chi connectivity index (χ4n) is 1.88. The number of carbonyl (C=O) groups excluding carboxylic acids is 1. The molecule has 2 rings (SSSR count). The first-order valence-corrected chi connectivity index (χ1v) is 7.13. The van der Waals surface area contributed by atoms with Gasteiger partial charge < -0.3 is 11.1 Å². The molecule has 0 saturated heterocycles. The molecule has 0 radical (unpaired) electrons. The maximum atomic E-state index is 12.0. The van der Waals surface area contributed by atoms with Crippen molar-refractivity contribution in [1.82, 2.24) is 10.3 Å². The topological polar surface area (TPSA) is 68.0 Å². The van der Waals surface area contributed by atoms with Crippen molar-refractivity contribution in [1.29, 1.82) is 0 Å². The van der Waals surface area contributed by atoms with E-state index in [4.69, 9.17) is 17.3 Å². The number of benzene rings is 1. The average molecular weight is 304 g/mol. The highest BCUT2D eigenvalue weighted by atomic mass is 35.5. The van der Waals surface area contributed by atoms with Crippen molar-refractivity contribution >= 4 is 23.3 Å². The molecule has 0 saturated carbocycles. The molecule has 0 aliphatic carbocycles. The molecule has 0 atom stereocenters. The van der Waals surface area contributed by atoms with Gasteiger partial charge in [-0.1, -0.05) is 49.7 Å². The number of aromatic nitrogens is 1. The lowest BCUT2D eigenvalue weighted by molar-refractivity contribution is 0.0950. The van der Waals surface area contributed by atoms with Crippen molar-refractivity contribution in [3.8, 4) is 0 Å². The van der Waals surface area contributed by atoms with Gasteiger partial charge in [-0.25, -0.2) is 4.98 Å². The highest BCUT2D eigenvalue weighted by molar-refractivity contribution is 6.33. The first kappa shape index (κ1) is 15.3.